The fraction of sp³-hybridized carbons (Fsp3) is 0.639. The topological polar surface area (TPSA) is 240 Å². The summed E-state index contributed by atoms with van der Waals surface area (Å²) in [7, 11) is -2.77. The molecule has 0 saturated heterocycles. The molecule has 326 valence electrons. The number of benzene rings is 1. The Kier molecular flexibility index (Phi) is 21.3. The van der Waals surface area contributed by atoms with Gasteiger partial charge >= 0.3 is 0 Å². The van der Waals surface area contributed by atoms with E-state index < -0.39 is 40.6 Å². The molecule has 2 atom stereocenters. The molecule has 22 heteroatoms. The second-order valence-electron chi connectivity index (χ2n) is 13.6. The number of carbonyl (C=O) groups excluding carboxylic acids is 3. The lowest BCUT2D eigenvalue weighted by Gasteiger charge is -2.31. The summed E-state index contributed by atoms with van der Waals surface area (Å²) < 4.78 is 64.3. The van der Waals surface area contributed by atoms with Crippen LogP contribution in [0.2, 0.25) is 0 Å². The van der Waals surface area contributed by atoms with Crippen LogP contribution in [0.1, 0.15) is 58.6 Å². The van der Waals surface area contributed by atoms with Gasteiger partial charge in [-0.2, -0.15) is 4.31 Å². The molecule has 0 aliphatic carbocycles. The normalized spacial score (nSPS) is 13.9. The highest BCUT2D eigenvalue weighted by Crippen LogP contribution is 2.26. The van der Waals surface area contributed by atoms with Crippen LogP contribution in [-0.2, 0) is 51.7 Å². The summed E-state index contributed by atoms with van der Waals surface area (Å²) in [6, 6.07) is 3.82. The van der Waals surface area contributed by atoms with Gasteiger partial charge in [-0.05, 0) is 49.4 Å². The average molecular weight is 843 g/mol. The third kappa shape index (κ3) is 16.1. The monoisotopic (exact) mass is 842 g/mol. The Balaban J connectivity index is 1.32. The third-order valence-electron chi connectivity index (χ3n) is 8.71. The summed E-state index contributed by atoms with van der Waals surface area (Å²) in [6.07, 6.45) is 6.30. The zero-order chi connectivity index (χ0) is 42.3. The van der Waals surface area contributed by atoms with Crippen LogP contribution in [-0.4, -0.2) is 134 Å². The van der Waals surface area contributed by atoms with E-state index in [1.54, 1.807) is 36.7 Å². The average Bonchev–Trinajstić information content (AvgIpc) is 3.87. The molecular weight excluding hydrogens is 784 g/mol. The molecule has 58 heavy (non-hydrogen) atoms. The Hall–Kier alpha value is -4.45. The third-order valence-corrected chi connectivity index (χ3v) is 10.5. The molecule has 3 amide bonds. The number of methoxy groups -OCH3 is 1. The standard InChI is InChI=1S/C36H59FN10O10S/c1-5-6-9-32(39-33(48)26-46-23-28(40-44-46)8-7-14-37)35(49)38-15-17-55-19-21-57-22-20-56-18-16-45-24-29(41-43-45)25-47(34(27(2)3)36(50)42-51)58(52,53)31-12-10-30(54-4)11-13-31/h10-13,23-24,27,32,34,40,44,51H,5-9,14-22,25-26H2,1-4H3,(H,38,49)(H,39,48)(H,42,50)/t32-,34+/m0/s1. The number of hydroxylamine groups is 1. The van der Waals surface area contributed by atoms with Crippen LogP contribution in [0.4, 0.5) is 4.39 Å². The maximum absolute atomic E-state index is 13.8. The molecule has 1 aliphatic rings. The van der Waals surface area contributed by atoms with Gasteiger partial charge in [-0.1, -0.05) is 38.8 Å². The second kappa shape index (κ2) is 25.8. The van der Waals surface area contributed by atoms with Gasteiger partial charge in [0.25, 0.3) is 5.91 Å². The van der Waals surface area contributed by atoms with Crippen molar-refractivity contribution < 1.29 is 51.3 Å². The summed E-state index contributed by atoms with van der Waals surface area (Å²) >= 11 is 0. The lowest BCUT2D eigenvalue weighted by Crippen LogP contribution is -2.51. The van der Waals surface area contributed by atoms with Crippen LogP contribution in [0.25, 0.3) is 0 Å². The largest absolute Gasteiger partial charge is 0.497 e. The summed E-state index contributed by atoms with van der Waals surface area (Å²) in [5, 5.41) is 24.7. The van der Waals surface area contributed by atoms with Gasteiger partial charge in [-0.3, -0.25) is 29.0 Å². The summed E-state index contributed by atoms with van der Waals surface area (Å²) in [5.74, 6) is -1.54. The number of hydrogen-bond donors (Lipinski definition) is 6. The van der Waals surface area contributed by atoms with Gasteiger partial charge in [0, 0.05) is 24.6 Å². The number of aromatic nitrogens is 3. The van der Waals surface area contributed by atoms with Crippen molar-refractivity contribution in [1.29, 1.82) is 0 Å². The summed E-state index contributed by atoms with van der Waals surface area (Å²) in [4.78, 5) is 38.0. The fourth-order valence-corrected chi connectivity index (χ4v) is 7.43. The van der Waals surface area contributed by atoms with E-state index in [-0.39, 0.29) is 55.3 Å². The Morgan fingerprint density at radius 1 is 1.00 bits per heavy atom. The number of halogens is 1. The number of hydrazine groups is 2. The number of nitrogens with one attached hydrogen (secondary N) is 5. The van der Waals surface area contributed by atoms with Crippen LogP contribution in [0.3, 0.4) is 0 Å². The number of sulfonamides is 1. The molecule has 0 fully saturated rings. The van der Waals surface area contributed by atoms with Gasteiger partial charge in [-0.15, -0.1) is 10.6 Å². The van der Waals surface area contributed by atoms with Crippen LogP contribution in [0.15, 0.2) is 47.3 Å². The predicted octanol–water partition coefficient (Wildman–Crippen LogP) is 0.765. The van der Waals surface area contributed by atoms with Gasteiger partial charge in [0.15, 0.2) is 0 Å². The zero-order valence-electron chi connectivity index (χ0n) is 33.7. The van der Waals surface area contributed by atoms with Crippen LogP contribution in [0.5, 0.6) is 5.75 Å². The molecule has 1 aromatic carbocycles. The van der Waals surface area contributed by atoms with E-state index in [4.69, 9.17) is 18.9 Å². The number of nitrogens with zero attached hydrogens (tertiary/aromatic N) is 5. The van der Waals surface area contributed by atoms with Gasteiger partial charge in [0.2, 0.25) is 21.8 Å². The van der Waals surface area contributed by atoms with Crippen LogP contribution < -0.4 is 31.8 Å². The molecule has 0 bridgehead atoms. The van der Waals surface area contributed by atoms with E-state index in [1.165, 1.54) is 36.1 Å². The molecule has 1 aliphatic heterocycles. The van der Waals surface area contributed by atoms with Crippen molar-refractivity contribution in [3.63, 3.8) is 0 Å². The first-order chi connectivity index (χ1) is 27.9. The number of ether oxygens (including phenoxy) is 4. The molecule has 0 unspecified atom stereocenters. The number of rotatable bonds is 30. The Morgan fingerprint density at radius 2 is 1.69 bits per heavy atom. The van der Waals surface area contributed by atoms with Crippen molar-refractivity contribution in [2.24, 2.45) is 5.92 Å². The van der Waals surface area contributed by atoms with Crippen molar-refractivity contribution in [3.8, 4) is 5.75 Å². The molecule has 0 radical (unpaired) electrons. The van der Waals surface area contributed by atoms with Gasteiger partial charge < -0.3 is 35.0 Å². The highest BCUT2D eigenvalue weighted by molar-refractivity contribution is 7.89. The quantitative estimate of drug-likeness (QED) is 0.0362. The molecule has 20 nitrogen and oxygen atoms in total. The zero-order valence-corrected chi connectivity index (χ0v) is 34.5. The van der Waals surface area contributed by atoms with E-state index in [1.807, 2.05) is 6.92 Å². The van der Waals surface area contributed by atoms with Crippen molar-refractivity contribution in [2.45, 2.75) is 82.9 Å². The predicted molar refractivity (Wildman–Crippen MR) is 207 cm³/mol. The highest BCUT2D eigenvalue weighted by atomic mass is 32.2. The first kappa shape index (κ1) is 47.9. The Labute approximate surface area is 339 Å². The maximum Gasteiger partial charge on any atom is 0.262 e. The van der Waals surface area contributed by atoms with Gasteiger partial charge in [0.05, 0.1) is 77.1 Å². The van der Waals surface area contributed by atoms with Gasteiger partial charge in [0.1, 0.15) is 24.4 Å². The second-order valence-corrected chi connectivity index (χ2v) is 15.5. The summed E-state index contributed by atoms with van der Waals surface area (Å²) in [5.41, 5.74) is 8.37. The van der Waals surface area contributed by atoms with Crippen molar-refractivity contribution >= 4 is 27.7 Å². The molecule has 2 heterocycles. The SMILES string of the molecule is CCCC[C@H](NC(=O)CN1C=C(CCCF)NN1)C(=O)NCCOCCOCCOCCn1cc(CN([C@@H](C(=O)NO)C(C)C)S(=O)(=O)c2ccc(OC)cc2)nn1. The summed E-state index contributed by atoms with van der Waals surface area (Å²) in [6.45, 7) is 6.92. The number of carbonyl (C=O) groups is 3. The number of unbranched alkanes of at least 4 members (excludes halogenated alkanes) is 1. The number of alkyl halides is 1. The Morgan fingerprint density at radius 3 is 2.33 bits per heavy atom. The molecule has 2 aromatic rings. The smallest absolute Gasteiger partial charge is 0.262 e. The van der Waals surface area contributed by atoms with E-state index >= 15 is 0 Å². The minimum atomic E-state index is -4.23. The minimum absolute atomic E-state index is 0.0175. The van der Waals surface area contributed by atoms with E-state index in [0.29, 0.717) is 58.0 Å². The molecule has 3 rings (SSSR count). The lowest BCUT2D eigenvalue weighted by molar-refractivity contribution is -0.134. The van der Waals surface area contributed by atoms with Gasteiger partial charge in [-0.25, -0.2) is 18.6 Å². The van der Waals surface area contributed by atoms with E-state index in [0.717, 1.165) is 22.8 Å². The molecular formula is C36H59FN10O10S. The maximum atomic E-state index is 13.8. The number of hydrogen-bond acceptors (Lipinski definition) is 15. The fourth-order valence-electron chi connectivity index (χ4n) is 5.74. The minimum Gasteiger partial charge on any atom is -0.497 e. The molecule has 6 N–H and O–H groups in total. The molecule has 0 spiro atoms. The molecule has 0 saturated carbocycles. The van der Waals surface area contributed by atoms with Crippen molar-refractivity contribution in [3.05, 3.63) is 48.1 Å². The first-order valence-corrected chi connectivity index (χ1v) is 20.7. The molecule has 1 aromatic heterocycles. The van der Waals surface area contributed by atoms with Crippen molar-refractivity contribution in [2.75, 3.05) is 66.5 Å². The van der Waals surface area contributed by atoms with E-state index in [9.17, 15) is 32.4 Å². The van der Waals surface area contributed by atoms with Crippen LogP contribution in [0, 0.1) is 5.92 Å². The number of amides is 3. The lowest BCUT2D eigenvalue weighted by atomic mass is 10.0. The Bertz CT molecular complexity index is 1680. The first-order valence-electron chi connectivity index (χ1n) is 19.3. The van der Waals surface area contributed by atoms with Crippen molar-refractivity contribution in [1.82, 2.24) is 51.4 Å². The highest BCUT2D eigenvalue weighted by Gasteiger charge is 2.38. The van der Waals surface area contributed by atoms with Crippen LogP contribution >= 0.6 is 0 Å². The van der Waals surface area contributed by atoms with E-state index in [2.05, 4.69) is 31.9 Å². The number of allylic oxidation sites excluding steroid dienone is 1.